The van der Waals surface area contributed by atoms with Gasteiger partial charge in [0.15, 0.2) is 0 Å². The van der Waals surface area contributed by atoms with Crippen LogP contribution in [0.15, 0.2) is 21.6 Å². The summed E-state index contributed by atoms with van der Waals surface area (Å²) in [6.07, 6.45) is 1.59. The Morgan fingerprint density at radius 1 is 1.55 bits per heavy atom. The van der Waals surface area contributed by atoms with E-state index in [2.05, 4.69) is 0 Å². The summed E-state index contributed by atoms with van der Waals surface area (Å²) in [6.45, 7) is 3.23. The fraction of sp³-hybridized carbons (Fsp3) is 0.462. The van der Waals surface area contributed by atoms with Crippen LogP contribution < -0.4 is 0 Å². The van der Waals surface area contributed by atoms with Gasteiger partial charge in [-0.15, -0.1) is 0 Å². The number of allylic oxidation sites excluding steroid dienone is 2. The number of carboxylic acid groups (broad SMARTS) is 1. The standard InChI is InChI=1S/C13H15NO5S/c1-6(3-4-15)20-9-5-8-10(7(2)16)12(17)14(8)11(9)13(18)19/h3-4,7-8,10,16H,5H2,1-2H3,(H,18,19)/b6-3+/t7-,8-,10-/m1/s1. The van der Waals surface area contributed by atoms with Crippen LogP contribution >= 0.6 is 11.8 Å². The lowest BCUT2D eigenvalue weighted by Crippen LogP contribution is -2.61. The molecule has 1 amide bonds. The molecule has 1 fully saturated rings. The number of amides is 1. The van der Waals surface area contributed by atoms with Crippen molar-refractivity contribution >= 4 is 29.9 Å². The maximum atomic E-state index is 11.9. The molecule has 1 saturated heterocycles. The number of carboxylic acids is 1. The topological polar surface area (TPSA) is 94.9 Å². The SMILES string of the molecule is C/C(=C\C=O)SC1=C(C(=O)O)N2C(=O)[C@H]([C@@H](C)O)[C@H]2C1. The van der Waals surface area contributed by atoms with Gasteiger partial charge in [0.25, 0.3) is 0 Å². The summed E-state index contributed by atoms with van der Waals surface area (Å²) in [7, 11) is 0. The van der Waals surface area contributed by atoms with E-state index in [-0.39, 0.29) is 17.6 Å². The highest BCUT2D eigenvalue weighted by molar-refractivity contribution is 8.06. The van der Waals surface area contributed by atoms with Crippen LogP contribution in [0.3, 0.4) is 0 Å². The second-order valence-electron chi connectivity index (χ2n) is 4.84. The van der Waals surface area contributed by atoms with Crippen LogP contribution in [-0.4, -0.2) is 45.4 Å². The maximum absolute atomic E-state index is 11.9. The lowest BCUT2D eigenvalue weighted by atomic mass is 9.83. The summed E-state index contributed by atoms with van der Waals surface area (Å²) in [5.74, 6) is -2.06. The predicted octanol–water partition coefficient (Wildman–Crippen LogP) is 0.730. The average Bonchev–Trinajstić information content (AvgIpc) is 2.63. The van der Waals surface area contributed by atoms with Crippen LogP contribution in [-0.2, 0) is 14.4 Å². The normalized spacial score (nSPS) is 27.2. The van der Waals surface area contributed by atoms with Crippen LogP contribution in [0.25, 0.3) is 0 Å². The third-order valence-electron chi connectivity index (χ3n) is 3.48. The maximum Gasteiger partial charge on any atom is 0.353 e. The van der Waals surface area contributed by atoms with E-state index in [0.717, 1.165) is 0 Å². The van der Waals surface area contributed by atoms with Crippen molar-refractivity contribution in [2.24, 2.45) is 5.92 Å². The van der Waals surface area contributed by atoms with Gasteiger partial charge in [0.2, 0.25) is 5.91 Å². The van der Waals surface area contributed by atoms with Crippen LogP contribution in [0.1, 0.15) is 20.3 Å². The number of rotatable bonds is 5. The van der Waals surface area contributed by atoms with Gasteiger partial charge in [-0.3, -0.25) is 9.59 Å². The molecular formula is C13H15NO5S. The molecule has 0 unspecified atom stereocenters. The number of hydrogen-bond donors (Lipinski definition) is 2. The zero-order valence-corrected chi connectivity index (χ0v) is 11.9. The minimum Gasteiger partial charge on any atom is -0.477 e. The van der Waals surface area contributed by atoms with Gasteiger partial charge in [0.05, 0.1) is 18.1 Å². The molecule has 0 aromatic heterocycles. The Morgan fingerprint density at radius 3 is 2.70 bits per heavy atom. The van der Waals surface area contributed by atoms with Gasteiger partial charge >= 0.3 is 5.97 Å². The van der Waals surface area contributed by atoms with Gasteiger partial charge in [-0.1, -0.05) is 11.8 Å². The monoisotopic (exact) mass is 297 g/mol. The van der Waals surface area contributed by atoms with Crippen LogP contribution in [0.4, 0.5) is 0 Å². The van der Waals surface area contributed by atoms with E-state index in [1.54, 1.807) is 6.92 Å². The number of hydrogen-bond acceptors (Lipinski definition) is 5. The highest BCUT2D eigenvalue weighted by Gasteiger charge is 2.56. The molecule has 3 atom stereocenters. The minimum atomic E-state index is -1.16. The molecule has 0 aromatic rings. The fourth-order valence-electron chi connectivity index (χ4n) is 2.65. The summed E-state index contributed by atoms with van der Waals surface area (Å²) in [4.78, 5) is 36.2. The smallest absolute Gasteiger partial charge is 0.353 e. The Hall–Kier alpha value is -1.60. The number of carbonyl (C=O) groups excluding carboxylic acids is 2. The summed E-state index contributed by atoms with van der Waals surface area (Å²) >= 11 is 1.18. The van der Waals surface area contributed by atoms with Crippen molar-refractivity contribution in [2.45, 2.75) is 32.4 Å². The quantitative estimate of drug-likeness (QED) is 0.441. The molecule has 0 saturated carbocycles. The highest BCUT2D eigenvalue weighted by Crippen LogP contribution is 2.48. The molecule has 2 aliphatic rings. The molecule has 2 rings (SSSR count). The highest BCUT2D eigenvalue weighted by atomic mass is 32.2. The molecule has 108 valence electrons. The Morgan fingerprint density at radius 2 is 2.20 bits per heavy atom. The van der Waals surface area contributed by atoms with Gasteiger partial charge in [0.1, 0.15) is 12.0 Å². The van der Waals surface area contributed by atoms with E-state index in [1.165, 1.54) is 29.7 Å². The minimum absolute atomic E-state index is 0.0273. The van der Waals surface area contributed by atoms with Gasteiger partial charge in [-0.05, 0) is 24.8 Å². The molecule has 0 aliphatic carbocycles. The van der Waals surface area contributed by atoms with Gasteiger partial charge in [0, 0.05) is 11.3 Å². The molecule has 2 aliphatic heterocycles. The third kappa shape index (κ3) is 2.27. The summed E-state index contributed by atoms with van der Waals surface area (Å²) in [6, 6.07) is -0.292. The Balaban J connectivity index is 2.28. The lowest BCUT2D eigenvalue weighted by molar-refractivity contribution is -0.161. The second kappa shape index (κ2) is 5.41. The fourth-order valence-corrected chi connectivity index (χ4v) is 3.70. The number of nitrogens with zero attached hydrogens (tertiary/aromatic N) is 1. The summed E-state index contributed by atoms with van der Waals surface area (Å²) < 4.78 is 0. The molecule has 7 heteroatoms. The zero-order chi connectivity index (χ0) is 15.0. The van der Waals surface area contributed by atoms with Gasteiger partial charge in [-0.2, -0.15) is 0 Å². The largest absolute Gasteiger partial charge is 0.477 e. The van der Waals surface area contributed by atoms with E-state index < -0.39 is 18.0 Å². The first-order valence-electron chi connectivity index (χ1n) is 6.16. The number of thioether (sulfide) groups is 1. The van der Waals surface area contributed by atoms with E-state index in [4.69, 9.17) is 0 Å². The molecule has 0 radical (unpaired) electrons. The average molecular weight is 297 g/mol. The molecule has 0 aromatic carbocycles. The second-order valence-corrected chi connectivity index (χ2v) is 6.18. The summed E-state index contributed by atoms with van der Waals surface area (Å²) in [5.41, 5.74) is -0.0273. The molecule has 0 bridgehead atoms. The Bertz CT molecular complexity index is 537. The van der Waals surface area contributed by atoms with Crippen molar-refractivity contribution < 1.29 is 24.6 Å². The molecule has 20 heavy (non-hydrogen) atoms. The summed E-state index contributed by atoms with van der Waals surface area (Å²) in [5, 5.41) is 18.9. The molecule has 0 spiro atoms. The van der Waals surface area contributed by atoms with Crippen molar-refractivity contribution in [1.29, 1.82) is 0 Å². The van der Waals surface area contributed by atoms with Crippen molar-refractivity contribution in [3.63, 3.8) is 0 Å². The van der Waals surface area contributed by atoms with E-state index in [9.17, 15) is 24.6 Å². The molecule has 6 nitrogen and oxygen atoms in total. The number of aliphatic hydroxyl groups excluding tert-OH is 1. The van der Waals surface area contributed by atoms with E-state index in [1.807, 2.05) is 0 Å². The zero-order valence-electron chi connectivity index (χ0n) is 11.1. The Kier molecular flexibility index (Phi) is 4.01. The van der Waals surface area contributed by atoms with E-state index in [0.29, 0.717) is 22.5 Å². The number of aliphatic hydroxyl groups is 1. The Labute approximate surface area is 120 Å². The van der Waals surface area contributed by atoms with Crippen molar-refractivity contribution in [1.82, 2.24) is 4.90 Å². The van der Waals surface area contributed by atoms with E-state index >= 15 is 0 Å². The first kappa shape index (κ1) is 14.8. The molecule has 2 N–H and O–H groups in total. The number of aliphatic carboxylic acids is 1. The van der Waals surface area contributed by atoms with Gasteiger partial charge < -0.3 is 15.1 Å². The van der Waals surface area contributed by atoms with Crippen LogP contribution in [0, 0.1) is 5.92 Å². The number of aldehydes is 1. The number of fused-ring (bicyclic) bond motifs is 1. The van der Waals surface area contributed by atoms with Crippen LogP contribution in [0.2, 0.25) is 0 Å². The third-order valence-corrected chi connectivity index (χ3v) is 4.54. The first-order chi connectivity index (χ1) is 9.38. The molecular weight excluding hydrogens is 282 g/mol. The van der Waals surface area contributed by atoms with Crippen molar-refractivity contribution in [3.8, 4) is 0 Å². The predicted molar refractivity (Wildman–Crippen MR) is 72.5 cm³/mol. The first-order valence-corrected chi connectivity index (χ1v) is 6.97. The van der Waals surface area contributed by atoms with Crippen LogP contribution in [0.5, 0.6) is 0 Å². The lowest BCUT2D eigenvalue weighted by Gasteiger charge is -2.44. The van der Waals surface area contributed by atoms with Gasteiger partial charge in [-0.25, -0.2) is 4.79 Å². The van der Waals surface area contributed by atoms with Crippen molar-refractivity contribution in [3.05, 3.63) is 21.6 Å². The van der Waals surface area contributed by atoms with Crippen molar-refractivity contribution in [2.75, 3.05) is 0 Å². The number of β-lactam (4-membered cyclic amide) rings is 1. The number of carbonyl (C=O) groups is 3. The molecule has 2 heterocycles.